The monoisotopic (exact) mass is 255 g/mol. The van der Waals surface area contributed by atoms with E-state index in [2.05, 4.69) is 4.99 Å². The van der Waals surface area contributed by atoms with Crippen molar-refractivity contribution < 1.29 is 5.11 Å². The Morgan fingerprint density at radius 2 is 1.94 bits per heavy atom. The average Bonchev–Trinajstić information content (AvgIpc) is 2.69. The molecule has 0 amide bonds. The van der Waals surface area contributed by atoms with Gasteiger partial charge in [-0.05, 0) is 18.4 Å². The maximum atomic E-state index is 10.4. The van der Waals surface area contributed by atoms with Gasteiger partial charge in [-0.2, -0.15) is 0 Å². The number of aliphatic hydroxyl groups is 1. The summed E-state index contributed by atoms with van der Waals surface area (Å²) < 4.78 is 0. The molecule has 1 atom stereocenters. The molecule has 4 nitrogen and oxygen atoms in total. The second-order valence-electron chi connectivity index (χ2n) is 4.66. The minimum absolute atomic E-state index is 0.360. The zero-order valence-corrected chi connectivity index (χ0v) is 12.0. The van der Waals surface area contributed by atoms with Crippen LogP contribution in [-0.2, 0) is 5.60 Å². The van der Waals surface area contributed by atoms with Gasteiger partial charge in [0.2, 0.25) is 0 Å². The predicted octanol–water partition coefficient (Wildman–Crippen LogP) is 1.43. The van der Waals surface area contributed by atoms with Crippen LogP contribution in [0.4, 0.5) is 0 Å². The van der Waals surface area contributed by atoms with Crippen molar-refractivity contribution in [1.29, 1.82) is 0 Å². The lowest BCUT2D eigenvalue weighted by Gasteiger charge is -2.25. The van der Waals surface area contributed by atoms with Crippen LogP contribution in [0.15, 0.2) is 22.5 Å². The molecule has 0 radical (unpaired) electrons. The Balaban J connectivity index is 2.80. The standard InChI is InChI=1S/C12H21N3OS/c1-12(16,10-7-6-8-17-10)9-13-11(14(2)3)15(4)5/h6-8,16H,9H2,1-5H3. The van der Waals surface area contributed by atoms with E-state index in [9.17, 15) is 5.11 Å². The first-order valence-corrected chi connectivity index (χ1v) is 6.38. The molecule has 0 saturated carbocycles. The normalized spacial score (nSPS) is 14.0. The smallest absolute Gasteiger partial charge is 0.195 e. The van der Waals surface area contributed by atoms with Gasteiger partial charge in [0, 0.05) is 33.1 Å². The van der Waals surface area contributed by atoms with Crippen molar-refractivity contribution in [2.45, 2.75) is 12.5 Å². The van der Waals surface area contributed by atoms with Gasteiger partial charge in [0.25, 0.3) is 0 Å². The first kappa shape index (κ1) is 14.0. The summed E-state index contributed by atoms with van der Waals surface area (Å²) in [5.74, 6) is 0.849. The Morgan fingerprint density at radius 1 is 1.35 bits per heavy atom. The summed E-state index contributed by atoms with van der Waals surface area (Å²) in [4.78, 5) is 9.29. The fourth-order valence-corrected chi connectivity index (χ4v) is 2.35. The summed E-state index contributed by atoms with van der Waals surface area (Å²) in [6.45, 7) is 2.16. The summed E-state index contributed by atoms with van der Waals surface area (Å²) in [6, 6.07) is 3.88. The average molecular weight is 255 g/mol. The van der Waals surface area contributed by atoms with Crippen LogP contribution in [0.3, 0.4) is 0 Å². The zero-order chi connectivity index (χ0) is 13.1. The zero-order valence-electron chi connectivity index (χ0n) is 11.1. The van der Waals surface area contributed by atoms with Crippen LogP contribution in [0.25, 0.3) is 0 Å². The van der Waals surface area contributed by atoms with Gasteiger partial charge in [0.1, 0.15) is 5.60 Å². The molecular formula is C12H21N3OS. The molecule has 1 aromatic heterocycles. The minimum atomic E-state index is -0.897. The van der Waals surface area contributed by atoms with Crippen LogP contribution in [0, 0.1) is 0 Å². The fraction of sp³-hybridized carbons (Fsp3) is 0.583. The van der Waals surface area contributed by atoms with Crippen LogP contribution in [-0.4, -0.2) is 55.6 Å². The lowest BCUT2D eigenvalue weighted by atomic mass is 10.1. The number of nitrogens with zero attached hydrogens (tertiary/aromatic N) is 3. The highest BCUT2D eigenvalue weighted by molar-refractivity contribution is 7.10. The van der Waals surface area contributed by atoms with Gasteiger partial charge in [0.05, 0.1) is 6.54 Å². The molecule has 0 aromatic carbocycles. The van der Waals surface area contributed by atoms with Crippen molar-refractivity contribution in [3.05, 3.63) is 22.4 Å². The molecule has 1 unspecified atom stereocenters. The topological polar surface area (TPSA) is 39.1 Å². The second-order valence-corrected chi connectivity index (χ2v) is 5.60. The van der Waals surface area contributed by atoms with E-state index < -0.39 is 5.60 Å². The van der Waals surface area contributed by atoms with Crippen LogP contribution >= 0.6 is 11.3 Å². The van der Waals surface area contributed by atoms with Crippen molar-refractivity contribution in [3.8, 4) is 0 Å². The third-order valence-electron chi connectivity index (χ3n) is 2.38. The van der Waals surface area contributed by atoms with Gasteiger partial charge < -0.3 is 14.9 Å². The molecule has 0 saturated heterocycles. The molecule has 1 N–H and O–H groups in total. The fourth-order valence-electron chi connectivity index (χ4n) is 1.57. The van der Waals surface area contributed by atoms with Gasteiger partial charge in [-0.1, -0.05) is 6.07 Å². The quantitative estimate of drug-likeness (QED) is 0.656. The number of aliphatic imine (C=N–C) groups is 1. The third kappa shape index (κ3) is 3.71. The Bertz CT molecular complexity index is 359. The molecule has 0 spiro atoms. The number of hydrogen-bond acceptors (Lipinski definition) is 3. The lowest BCUT2D eigenvalue weighted by Crippen LogP contribution is -2.37. The number of hydrogen-bond donors (Lipinski definition) is 1. The molecule has 1 heterocycles. The van der Waals surface area contributed by atoms with E-state index in [0.29, 0.717) is 6.54 Å². The van der Waals surface area contributed by atoms with Crippen molar-refractivity contribution >= 4 is 17.3 Å². The molecule has 96 valence electrons. The maximum absolute atomic E-state index is 10.4. The van der Waals surface area contributed by atoms with Crippen LogP contribution in [0.1, 0.15) is 11.8 Å². The Labute approximate surface area is 107 Å². The van der Waals surface area contributed by atoms with E-state index in [1.54, 1.807) is 18.3 Å². The molecule has 17 heavy (non-hydrogen) atoms. The summed E-state index contributed by atoms with van der Waals surface area (Å²) >= 11 is 1.55. The highest BCUT2D eigenvalue weighted by atomic mass is 32.1. The van der Waals surface area contributed by atoms with E-state index in [1.165, 1.54) is 0 Å². The highest BCUT2D eigenvalue weighted by Crippen LogP contribution is 2.25. The molecule has 5 heteroatoms. The van der Waals surface area contributed by atoms with E-state index >= 15 is 0 Å². The number of rotatable bonds is 3. The van der Waals surface area contributed by atoms with Gasteiger partial charge >= 0.3 is 0 Å². The number of thiophene rings is 1. The van der Waals surface area contributed by atoms with E-state index in [4.69, 9.17) is 0 Å². The predicted molar refractivity (Wildman–Crippen MR) is 73.6 cm³/mol. The Kier molecular flexibility index (Phi) is 4.54. The molecule has 0 aliphatic rings. The van der Waals surface area contributed by atoms with Crippen LogP contribution < -0.4 is 0 Å². The molecule has 0 fully saturated rings. The third-order valence-corrected chi connectivity index (χ3v) is 3.50. The molecular weight excluding hydrogens is 234 g/mol. The van der Waals surface area contributed by atoms with Crippen molar-refractivity contribution in [1.82, 2.24) is 9.80 Å². The van der Waals surface area contributed by atoms with Crippen LogP contribution in [0.2, 0.25) is 0 Å². The molecule has 1 rings (SSSR count). The Morgan fingerprint density at radius 3 is 2.35 bits per heavy atom. The van der Waals surface area contributed by atoms with Crippen molar-refractivity contribution in [2.75, 3.05) is 34.7 Å². The molecule has 0 aliphatic heterocycles. The molecule has 0 aliphatic carbocycles. The SMILES string of the molecule is CN(C)C(=NCC(C)(O)c1cccs1)N(C)C. The van der Waals surface area contributed by atoms with E-state index in [1.807, 2.05) is 55.5 Å². The van der Waals surface area contributed by atoms with Crippen LogP contribution in [0.5, 0.6) is 0 Å². The van der Waals surface area contributed by atoms with Gasteiger partial charge in [0.15, 0.2) is 5.96 Å². The van der Waals surface area contributed by atoms with E-state index in [0.717, 1.165) is 10.8 Å². The Hall–Kier alpha value is -1.07. The molecule has 0 bridgehead atoms. The van der Waals surface area contributed by atoms with Crippen molar-refractivity contribution in [3.63, 3.8) is 0 Å². The first-order valence-electron chi connectivity index (χ1n) is 5.50. The van der Waals surface area contributed by atoms with Crippen molar-refractivity contribution in [2.24, 2.45) is 4.99 Å². The summed E-state index contributed by atoms with van der Waals surface area (Å²) in [6.07, 6.45) is 0. The summed E-state index contributed by atoms with van der Waals surface area (Å²) in [5.41, 5.74) is -0.897. The highest BCUT2D eigenvalue weighted by Gasteiger charge is 2.24. The maximum Gasteiger partial charge on any atom is 0.195 e. The van der Waals surface area contributed by atoms with E-state index in [-0.39, 0.29) is 0 Å². The minimum Gasteiger partial charge on any atom is -0.383 e. The molecule has 1 aromatic rings. The van der Waals surface area contributed by atoms with Gasteiger partial charge in [-0.15, -0.1) is 11.3 Å². The van der Waals surface area contributed by atoms with Gasteiger partial charge in [-0.25, -0.2) is 4.99 Å². The summed E-state index contributed by atoms with van der Waals surface area (Å²) in [7, 11) is 7.77. The summed E-state index contributed by atoms with van der Waals surface area (Å²) in [5, 5.41) is 12.3. The largest absolute Gasteiger partial charge is 0.383 e. The number of guanidine groups is 1. The lowest BCUT2D eigenvalue weighted by molar-refractivity contribution is 0.0707. The second kappa shape index (κ2) is 5.51. The first-order chi connectivity index (χ1) is 7.84. The van der Waals surface area contributed by atoms with Gasteiger partial charge in [-0.3, -0.25) is 0 Å².